The van der Waals surface area contributed by atoms with Crippen LogP contribution in [0.1, 0.15) is 36.2 Å². The zero-order valence-corrected chi connectivity index (χ0v) is 11.0. The Hall–Kier alpha value is -1.84. The Morgan fingerprint density at radius 3 is 2.33 bits per heavy atom. The van der Waals surface area contributed by atoms with Crippen molar-refractivity contribution in [2.75, 3.05) is 6.61 Å². The second-order valence-corrected chi connectivity index (χ2v) is 4.05. The Balaban J connectivity index is 2.67. The standard InChI is InChI=1S/C14H19NO3/c1-4-12(14(17)18-5-2)15-13(16)11-8-6-10(3)7-9-11/h6-9,12H,4-5H2,1-3H3,(H,15,16). The third kappa shape index (κ3) is 3.87. The zero-order chi connectivity index (χ0) is 13.5. The van der Waals surface area contributed by atoms with Crippen LogP contribution in [-0.4, -0.2) is 24.5 Å². The summed E-state index contributed by atoms with van der Waals surface area (Å²) in [4.78, 5) is 23.5. The van der Waals surface area contributed by atoms with E-state index < -0.39 is 6.04 Å². The summed E-state index contributed by atoms with van der Waals surface area (Å²) in [7, 11) is 0. The first-order valence-electron chi connectivity index (χ1n) is 6.12. The molecule has 0 aromatic heterocycles. The minimum atomic E-state index is -0.584. The Bertz CT molecular complexity index is 412. The van der Waals surface area contributed by atoms with Crippen molar-refractivity contribution in [3.05, 3.63) is 35.4 Å². The van der Waals surface area contributed by atoms with Crippen molar-refractivity contribution in [3.8, 4) is 0 Å². The van der Waals surface area contributed by atoms with Gasteiger partial charge in [-0.25, -0.2) is 4.79 Å². The number of nitrogens with one attached hydrogen (secondary N) is 1. The zero-order valence-electron chi connectivity index (χ0n) is 11.0. The van der Waals surface area contributed by atoms with Crippen molar-refractivity contribution in [2.45, 2.75) is 33.2 Å². The van der Waals surface area contributed by atoms with Gasteiger partial charge in [-0.1, -0.05) is 24.6 Å². The number of rotatable bonds is 5. The number of amides is 1. The molecule has 0 fully saturated rings. The number of hydrogen-bond acceptors (Lipinski definition) is 3. The van der Waals surface area contributed by atoms with Crippen molar-refractivity contribution in [2.24, 2.45) is 0 Å². The lowest BCUT2D eigenvalue weighted by molar-refractivity contribution is -0.145. The van der Waals surface area contributed by atoms with Gasteiger partial charge in [0.15, 0.2) is 0 Å². The molecule has 0 saturated carbocycles. The van der Waals surface area contributed by atoms with Crippen molar-refractivity contribution in [3.63, 3.8) is 0 Å². The molecule has 1 unspecified atom stereocenters. The highest BCUT2D eigenvalue weighted by molar-refractivity contribution is 5.96. The molecule has 0 heterocycles. The molecule has 98 valence electrons. The summed E-state index contributed by atoms with van der Waals surface area (Å²) in [5.74, 6) is -0.643. The van der Waals surface area contributed by atoms with Crippen LogP contribution in [0, 0.1) is 6.92 Å². The maximum Gasteiger partial charge on any atom is 0.328 e. The minimum absolute atomic E-state index is 0.255. The van der Waals surface area contributed by atoms with Gasteiger partial charge in [0, 0.05) is 5.56 Å². The Kier molecular flexibility index (Phi) is 5.36. The largest absolute Gasteiger partial charge is 0.464 e. The van der Waals surface area contributed by atoms with Gasteiger partial charge in [-0.2, -0.15) is 0 Å². The number of esters is 1. The lowest BCUT2D eigenvalue weighted by atomic mass is 10.1. The highest BCUT2D eigenvalue weighted by Gasteiger charge is 2.20. The van der Waals surface area contributed by atoms with Gasteiger partial charge >= 0.3 is 5.97 Å². The monoisotopic (exact) mass is 249 g/mol. The van der Waals surface area contributed by atoms with E-state index in [-0.39, 0.29) is 11.9 Å². The first-order chi connectivity index (χ1) is 8.58. The maximum atomic E-state index is 11.9. The van der Waals surface area contributed by atoms with Gasteiger partial charge in [-0.15, -0.1) is 0 Å². The third-order valence-corrected chi connectivity index (χ3v) is 2.60. The van der Waals surface area contributed by atoms with Crippen molar-refractivity contribution < 1.29 is 14.3 Å². The van der Waals surface area contributed by atoms with Crippen LogP contribution in [0.5, 0.6) is 0 Å². The quantitative estimate of drug-likeness (QED) is 0.813. The Labute approximate surface area is 107 Å². The summed E-state index contributed by atoms with van der Waals surface area (Å²) < 4.78 is 4.90. The molecule has 0 bridgehead atoms. The van der Waals surface area contributed by atoms with Crippen LogP contribution in [-0.2, 0) is 9.53 Å². The minimum Gasteiger partial charge on any atom is -0.464 e. The number of benzene rings is 1. The number of hydrogen-bond donors (Lipinski definition) is 1. The van der Waals surface area contributed by atoms with Crippen LogP contribution < -0.4 is 5.32 Å². The molecular weight excluding hydrogens is 230 g/mol. The summed E-state index contributed by atoms with van der Waals surface area (Å²) in [5, 5.41) is 2.67. The van der Waals surface area contributed by atoms with E-state index in [0.29, 0.717) is 18.6 Å². The van der Waals surface area contributed by atoms with E-state index in [4.69, 9.17) is 4.74 Å². The van der Waals surface area contributed by atoms with Crippen LogP contribution in [0.4, 0.5) is 0 Å². The van der Waals surface area contributed by atoms with Gasteiger partial charge < -0.3 is 10.1 Å². The van der Waals surface area contributed by atoms with E-state index in [1.165, 1.54) is 0 Å². The molecule has 1 aromatic carbocycles. The van der Waals surface area contributed by atoms with Crippen LogP contribution >= 0.6 is 0 Å². The Morgan fingerprint density at radius 2 is 1.83 bits per heavy atom. The predicted octanol–water partition coefficient (Wildman–Crippen LogP) is 2.07. The van der Waals surface area contributed by atoms with Gasteiger partial charge in [0.25, 0.3) is 5.91 Å². The second-order valence-electron chi connectivity index (χ2n) is 4.05. The summed E-state index contributed by atoms with van der Waals surface area (Å²) in [6, 6.07) is 6.62. The van der Waals surface area contributed by atoms with Gasteiger partial charge in [-0.3, -0.25) is 4.79 Å². The molecular formula is C14H19NO3. The summed E-state index contributed by atoms with van der Waals surface area (Å²) in [5.41, 5.74) is 1.63. The third-order valence-electron chi connectivity index (χ3n) is 2.60. The molecule has 0 saturated heterocycles. The van der Waals surface area contributed by atoms with Crippen LogP contribution in [0.3, 0.4) is 0 Å². The fraction of sp³-hybridized carbons (Fsp3) is 0.429. The summed E-state index contributed by atoms with van der Waals surface area (Å²) >= 11 is 0. The van der Waals surface area contributed by atoms with Gasteiger partial charge in [0.1, 0.15) is 6.04 Å². The predicted molar refractivity (Wildman–Crippen MR) is 69.4 cm³/mol. The van der Waals surface area contributed by atoms with E-state index in [9.17, 15) is 9.59 Å². The number of carbonyl (C=O) groups is 2. The number of carbonyl (C=O) groups excluding carboxylic acids is 2. The summed E-state index contributed by atoms with van der Waals surface area (Å²) in [6.07, 6.45) is 0.510. The molecule has 0 spiro atoms. The SMILES string of the molecule is CCOC(=O)C(CC)NC(=O)c1ccc(C)cc1. The van der Waals surface area contributed by atoms with Gasteiger partial charge in [-0.05, 0) is 32.4 Å². The molecule has 1 N–H and O–H groups in total. The highest BCUT2D eigenvalue weighted by Crippen LogP contribution is 2.04. The summed E-state index contributed by atoms with van der Waals surface area (Å²) in [6.45, 7) is 5.84. The van der Waals surface area contributed by atoms with E-state index >= 15 is 0 Å². The molecule has 1 aromatic rings. The van der Waals surface area contributed by atoms with Crippen molar-refractivity contribution in [1.82, 2.24) is 5.32 Å². The van der Waals surface area contributed by atoms with E-state index in [1.54, 1.807) is 19.1 Å². The first kappa shape index (κ1) is 14.2. The molecule has 0 aliphatic rings. The van der Waals surface area contributed by atoms with E-state index in [0.717, 1.165) is 5.56 Å². The van der Waals surface area contributed by atoms with Crippen molar-refractivity contribution >= 4 is 11.9 Å². The lowest BCUT2D eigenvalue weighted by Crippen LogP contribution is -2.41. The van der Waals surface area contributed by atoms with Gasteiger partial charge in [0.05, 0.1) is 6.61 Å². The highest BCUT2D eigenvalue weighted by atomic mass is 16.5. The normalized spacial score (nSPS) is 11.7. The van der Waals surface area contributed by atoms with Crippen LogP contribution in [0.2, 0.25) is 0 Å². The second kappa shape index (κ2) is 6.79. The molecule has 4 nitrogen and oxygen atoms in total. The molecule has 4 heteroatoms. The molecule has 0 radical (unpaired) electrons. The lowest BCUT2D eigenvalue weighted by Gasteiger charge is -2.15. The molecule has 1 amide bonds. The smallest absolute Gasteiger partial charge is 0.328 e. The molecule has 18 heavy (non-hydrogen) atoms. The fourth-order valence-corrected chi connectivity index (χ4v) is 1.52. The van der Waals surface area contributed by atoms with Crippen LogP contribution in [0.15, 0.2) is 24.3 Å². The molecule has 1 atom stereocenters. The Morgan fingerprint density at radius 1 is 1.22 bits per heavy atom. The first-order valence-corrected chi connectivity index (χ1v) is 6.12. The average Bonchev–Trinajstić information content (AvgIpc) is 2.36. The molecule has 0 aliphatic heterocycles. The maximum absolute atomic E-state index is 11.9. The average molecular weight is 249 g/mol. The number of ether oxygens (including phenoxy) is 1. The van der Waals surface area contributed by atoms with Crippen molar-refractivity contribution in [1.29, 1.82) is 0 Å². The topological polar surface area (TPSA) is 55.4 Å². The number of aryl methyl sites for hydroxylation is 1. The fourth-order valence-electron chi connectivity index (χ4n) is 1.52. The molecule has 0 aliphatic carbocycles. The molecule has 1 rings (SSSR count). The van der Waals surface area contributed by atoms with E-state index in [1.807, 2.05) is 26.0 Å². The van der Waals surface area contributed by atoms with Gasteiger partial charge in [0.2, 0.25) is 0 Å². The van der Waals surface area contributed by atoms with Crippen LogP contribution in [0.25, 0.3) is 0 Å². The van der Waals surface area contributed by atoms with E-state index in [2.05, 4.69) is 5.32 Å².